The topological polar surface area (TPSA) is 58.4 Å². The minimum atomic E-state index is -0.399. The number of aromatic nitrogens is 1. The molecule has 1 aliphatic rings. The van der Waals surface area contributed by atoms with Crippen LogP contribution in [0.2, 0.25) is 0 Å². The fourth-order valence-corrected chi connectivity index (χ4v) is 4.58. The van der Waals surface area contributed by atoms with E-state index in [-0.39, 0.29) is 17.6 Å². The number of hydrogen-bond acceptors (Lipinski definition) is 4. The maximum atomic E-state index is 14.0. The third kappa shape index (κ3) is 4.67. The number of amides is 1. The lowest BCUT2D eigenvalue weighted by atomic mass is 9.93. The van der Waals surface area contributed by atoms with Crippen molar-refractivity contribution in [1.29, 1.82) is 0 Å². The van der Waals surface area contributed by atoms with E-state index in [9.17, 15) is 9.18 Å². The molecule has 1 N–H and O–H groups in total. The van der Waals surface area contributed by atoms with Gasteiger partial charge in [-0.25, -0.2) is 4.39 Å². The number of nitrogens with one attached hydrogen (secondary N) is 1. The fourth-order valence-electron chi connectivity index (χ4n) is 4.58. The number of oxazole rings is 1. The van der Waals surface area contributed by atoms with E-state index in [1.807, 2.05) is 42.5 Å². The highest BCUT2D eigenvalue weighted by atomic mass is 19.1. The molecular formula is C28H28FN3O2. The predicted octanol–water partition coefficient (Wildman–Crippen LogP) is 5.65. The van der Waals surface area contributed by atoms with E-state index in [2.05, 4.69) is 34.3 Å². The summed E-state index contributed by atoms with van der Waals surface area (Å²) in [5.74, 6) is -0.439. The summed E-state index contributed by atoms with van der Waals surface area (Å²) >= 11 is 0. The van der Waals surface area contributed by atoms with Gasteiger partial charge < -0.3 is 14.6 Å². The van der Waals surface area contributed by atoms with Crippen LogP contribution in [0.25, 0.3) is 11.1 Å². The number of anilines is 1. The van der Waals surface area contributed by atoms with E-state index in [1.54, 1.807) is 6.07 Å². The predicted molar refractivity (Wildman–Crippen MR) is 131 cm³/mol. The van der Waals surface area contributed by atoms with Gasteiger partial charge in [0.15, 0.2) is 5.58 Å². The van der Waals surface area contributed by atoms with Crippen LogP contribution in [0.15, 0.2) is 77.2 Å². The second-order valence-corrected chi connectivity index (χ2v) is 8.82. The number of hydrogen-bond donors (Lipinski definition) is 1. The number of halogens is 1. The lowest BCUT2D eigenvalue weighted by Crippen LogP contribution is -2.42. The zero-order chi connectivity index (χ0) is 23.5. The molecule has 0 bridgehead atoms. The van der Waals surface area contributed by atoms with Gasteiger partial charge in [-0.1, -0.05) is 55.5 Å². The summed E-state index contributed by atoms with van der Waals surface area (Å²) in [5.41, 5.74) is 4.51. The molecule has 1 aromatic heterocycles. The Balaban J connectivity index is 1.29. The summed E-state index contributed by atoms with van der Waals surface area (Å²) in [6, 6.07) is 22.5. The summed E-state index contributed by atoms with van der Waals surface area (Å²) in [5, 5.41) is 3.20. The lowest BCUT2D eigenvalue weighted by molar-refractivity contribution is -0.126. The first-order valence-electron chi connectivity index (χ1n) is 11.9. The third-order valence-corrected chi connectivity index (χ3v) is 6.61. The van der Waals surface area contributed by atoms with Gasteiger partial charge in [0.25, 0.3) is 6.01 Å². The SMILES string of the molecule is CCc1ccc(C(NC(=O)C2CCN(c3nc4ccccc4o3)CC2)c2cccc(F)c2)cc1. The van der Waals surface area contributed by atoms with Gasteiger partial charge >= 0.3 is 0 Å². The van der Waals surface area contributed by atoms with Gasteiger partial charge in [-0.3, -0.25) is 4.79 Å². The van der Waals surface area contributed by atoms with Crippen molar-refractivity contribution < 1.29 is 13.6 Å². The number of para-hydroxylation sites is 2. The van der Waals surface area contributed by atoms with Crippen molar-refractivity contribution in [2.45, 2.75) is 32.2 Å². The molecule has 174 valence electrons. The van der Waals surface area contributed by atoms with Crippen LogP contribution in [-0.2, 0) is 11.2 Å². The van der Waals surface area contributed by atoms with Crippen molar-refractivity contribution in [2.75, 3.05) is 18.0 Å². The molecule has 1 aliphatic heterocycles. The van der Waals surface area contributed by atoms with Crippen LogP contribution >= 0.6 is 0 Å². The number of benzene rings is 3. The van der Waals surface area contributed by atoms with Crippen LogP contribution in [0, 0.1) is 11.7 Å². The summed E-state index contributed by atoms with van der Waals surface area (Å²) in [7, 11) is 0. The van der Waals surface area contributed by atoms with Gasteiger partial charge in [0.2, 0.25) is 5.91 Å². The van der Waals surface area contributed by atoms with Gasteiger partial charge in [-0.2, -0.15) is 4.98 Å². The molecule has 3 aromatic carbocycles. The van der Waals surface area contributed by atoms with Crippen molar-refractivity contribution in [1.82, 2.24) is 10.3 Å². The monoisotopic (exact) mass is 457 g/mol. The fraction of sp³-hybridized carbons (Fsp3) is 0.286. The molecule has 0 radical (unpaired) electrons. The molecule has 34 heavy (non-hydrogen) atoms. The molecule has 1 amide bonds. The minimum absolute atomic E-state index is 0.00829. The van der Waals surface area contributed by atoms with Gasteiger partial charge in [-0.15, -0.1) is 0 Å². The van der Waals surface area contributed by atoms with Crippen molar-refractivity contribution in [3.05, 3.63) is 95.3 Å². The van der Waals surface area contributed by atoms with Crippen LogP contribution in [0.1, 0.15) is 42.5 Å². The number of fused-ring (bicyclic) bond motifs is 1. The van der Waals surface area contributed by atoms with Gasteiger partial charge in [0.05, 0.1) is 6.04 Å². The number of nitrogens with zero attached hydrogens (tertiary/aromatic N) is 2. The van der Waals surface area contributed by atoms with E-state index >= 15 is 0 Å². The second kappa shape index (κ2) is 9.67. The van der Waals surface area contributed by atoms with E-state index in [0.29, 0.717) is 31.9 Å². The molecule has 5 rings (SSSR count). The largest absolute Gasteiger partial charge is 0.423 e. The number of aryl methyl sites for hydroxylation is 1. The third-order valence-electron chi connectivity index (χ3n) is 6.61. The van der Waals surface area contributed by atoms with Crippen molar-refractivity contribution in [3.63, 3.8) is 0 Å². The van der Waals surface area contributed by atoms with Crippen LogP contribution in [0.4, 0.5) is 10.4 Å². The lowest BCUT2D eigenvalue weighted by Gasteiger charge is -2.31. The smallest absolute Gasteiger partial charge is 0.298 e. The van der Waals surface area contributed by atoms with Gasteiger partial charge in [0.1, 0.15) is 11.3 Å². The first-order valence-corrected chi connectivity index (χ1v) is 11.9. The Kier molecular flexibility index (Phi) is 6.30. The number of carbonyl (C=O) groups is 1. The first kappa shape index (κ1) is 22.1. The van der Waals surface area contributed by atoms with Crippen LogP contribution in [-0.4, -0.2) is 24.0 Å². The van der Waals surface area contributed by atoms with Gasteiger partial charge in [-0.05, 0) is 60.2 Å². The molecule has 1 saturated heterocycles. The Morgan fingerprint density at radius 3 is 2.53 bits per heavy atom. The van der Waals surface area contributed by atoms with Crippen molar-refractivity contribution >= 4 is 23.0 Å². The normalized spacial score (nSPS) is 15.4. The van der Waals surface area contributed by atoms with Crippen molar-refractivity contribution in [3.8, 4) is 0 Å². The number of piperidine rings is 1. The highest BCUT2D eigenvalue weighted by molar-refractivity contribution is 5.80. The molecule has 1 fully saturated rings. The van der Waals surface area contributed by atoms with Crippen LogP contribution in [0.5, 0.6) is 0 Å². The Morgan fingerprint density at radius 2 is 1.82 bits per heavy atom. The average Bonchev–Trinajstić information content (AvgIpc) is 3.32. The molecule has 1 atom stereocenters. The molecule has 6 heteroatoms. The minimum Gasteiger partial charge on any atom is -0.423 e. The Bertz CT molecular complexity index is 1240. The average molecular weight is 458 g/mol. The van der Waals surface area contributed by atoms with E-state index in [0.717, 1.165) is 28.6 Å². The first-order chi connectivity index (χ1) is 16.6. The maximum Gasteiger partial charge on any atom is 0.298 e. The van der Waals surface area contributed by atoms with Crippen molar-refractivity contribution in [2.24, 2.45) is 5.92 Å². The zero-order valence-electron chi connectivity index (χ0n) is 19.2. The Labute approximate surface area is 198 Å². The number of carbonyl (C=O) groups excluding carboxylic acids is 1. The summed E-state index contributed by atoms with van der Waals surface area (Å²) < 4.78 is 19.9. The molecular weight excluding hydrogens is 429 g/mol. The van der Waals surface area contributed by atoms with Gasteiger partial charge in [0, 0.05) is 19.0 Å². The molecule has 0 saturated carbocycles. The van der Waals surface area contributed by atoms with Crippen LogP contribution in [0.3, 0.4) is 0 Å². The molecule has 0 aliphatic carbocycles. The highest BCUT2D eigenvalue weighted by Crippen LogP contribution is 2.28. The zero-order valence-corrected chi connectivity index (χ0v) is 19.2. The highest BCUT2D eigenvalue weighted by Gasteiger charge is 2.29. The maximum absolute atomic E-state index is 14.0. The summed E-state index contributed by atoms with van der Waals surface area (Å²) in [4.78, 5) is 20.0. The summed E-state index contributed by atoms with van der Waals surface area (Å²) in [6.07, 6.45) is 2.35. The van der Waals surface area contributed by atoms with E-state index in [1.165, 1.54) is 17.7 Å². The van der Waals surface area contributed by atoms with E-state index < -0.39 is 6.04 Å². The van der Waals surface area contributed by atoms with Crippen LogP contribution < -0.4 is 10.2 Å². The quantitative estimate of drug-likeness (QED) is 0.406. The standard InChI is InChI=1S/C28H28FN3O2/c1-2-19-10-12-20(13-11-19)26(22-6-5-7-23(29)18-22)31-27(33)21-14-16-32(17-15-21)28-30-24-8-3-4-9-25(24)34-28/h3-13,18,21,26H,2,14-17H2,1H3,(H,31,33). The Morgan fingerprint density at radius 1 is 1.06 bits per heavy atom. The molecule has 4 aromatic rings. The number of rotatable bonds is 6. The molecule has 0 spiro atoms. The second-order valence-electron chi connectivity index (χ2n) is 8.82. The molecule has 2 heterocycles. The molecule has 5 nitrogen and oxygen atoms in total. The van der Waals surface area contributed by atoms with E-state index in [4.69, 9.17) is 4.42 Å². The molecule has 1 unspecified atom stereocenters. The Hall–Kier alpha value is -3.67. The summed E-state index contributed by atoms with van der Waals surface area (Å²) in [6.45, 7) is 3.50.